The Hall–Kier alpha value is -1.36. The van der Waals surface area contributed by atoms with Crippen molar-refractivity contribution >= 4 is 0 Å². The molecule has 1 rings (SSSR count). The summed E-state index contributed by atoms with van der Waals surface area (Å²) in [5.41, 5.74) is -1.12. The Morgan fingerprint density at radius 2 is 2.05 bits per heavy atom. The summed E-state index contributed by atoms with van der Waals surface area (Å²) in [6.07, 6.45) is -0.00979. The molecule has 0 saturated heterocycles. The van der Waals surface area contributed by atoms with E-state index < -0.39 is 23.6 Å². The SMILES string of the molecule is C=CCCCC(NCCC)c1cccc(C(F)(F)F)c1F. The number of benzene rings is 1. The number of hydrogen-bond acceptors (Lipinski definition) is 1. The lowest BCUT2D eigenvalue weighted by Crippen LogP contribution is -2.24. The molecule has 1 N–H and O–H groups in total. The largest absolute Gasteiger partial charge is 0.419 e. The molecule has 1 nitrogen and oxygen atoms in total. The molecule has 0 aliphatic heterocycles. The highest BCUT2D eigenvalue weighted by molar-refractivity contribution is 5.30. The Morgan fingerprint density at radius 3 is 2.62 bits per heavy atom. The summed E-state index contributed by atoms with van der Waals surface area (Å²) in [7, 11) is 0. The molecule has 0 saturated carbocycles. The van der Waals surface area contributed by atoms with Crippen LogP contribution >= 0.6 is 0 Å². The van der Waals surface area contributed by atoms with Crippen LogP contribution in [0, 0.1) is 5.82 Å². The number of alkyl halides is 3. The van der Waals surface area contributed by atoms with Crippen LogP contribution in [-0.2, 0) is 6.18 Å². The van der Waals surface area contributed by atoms with E-state index in [9.17, 15) is 17.6 Å². The third-order valence-corrected chi connectivity index (χ3v) is 3.25. The second kappa shape index (κ2) is 8.17. The van der Waals surface area contributed by atoms with E-state index in [-0.39, 0.29) is 5.56 Å². The lowest BCUT2D eigenvalue weighted by molar-refractivity contribution is -0.140. The van der Waals surface area contributed by atoms with Crippen molar-refractivity contribution in [2.75, 3.05) is 6.54 Å². The smallest absolute Gasteiger partial charge is 0.310 e. The van der Waals surface area contributed by atoms with Gasteiger partial charge in [0.15, 0.2) is 0 Å². The van der Waals surface area contributed by atoms with Crippen LogP contribution < -0.4 is 5.32 Å². The van der Waals surface area contributed by atoms with Crippen LogP contribution in [0.4, 0.5) is 17.6 Å². The van der Waals surface area contributed by atoms with Gasteiger partial charge in [0.2, 0.25) is 0 Å². The standard InChI is InChI=1S/C16H21F4N/c1-3-5-6-10-14(21-11-4-2)12-8-7-9-13(15(12)17)16(18,19)20/h3,7-9,14,21H,1,4-6,10-11H2,2H3. The van der Waals surface area contributed by atoms with Gasteiger partial charge < -0.3 is 5.32 Å². The maximum Gasteiger partial charge on any atom is 0.419 e. The molecular formula is C16H21F4N. The van der Waals surface area contributed by atoms with Crippen molar-refractivity contribution in [3.05, 3.63) is 47.8 Å². The number of hydrogen-bond donors (Lipinski definition) is 1. The Balaban J connectivity index is 3.03. The summed E-state index contributed by atoms with van der Waals surface area (Å²) in [6, 6.07) is 3.05. The van der Waals surface area contributed by atoms with E-state index in [4.69, 9.17) is 0 Å². The summed E-state index contributed by atoms with van der Waals surface area (Å²) < 4.78 is 52.5. The summed E-state index contributed by atoms with van der Waals surface area (Å²) in [5.74, 6) is -1.17. The first-order valence-corrected chi connectivity index (χ1v) is 7.11. The summed E-state index contributed by atoms with van der Waals surface area (Å²) in [5, 5.41) is 3.12. The number of halogens is 4. The minimum absolute atomic E-state index is 0.0855. The van der Waals surface area contributed by atoms with E-state index >= 15 is 0 Å². The molecule has 0 spiro atoms. The van der Waals surface area contributed by atoms with Gasteiger partial charge in [-0.25, -0.2) is 4.39 Å². The van der Waals surface area contributed by atoms with E-state index in [1.807, 2.05) is 6.92 Å². The second-order valence-electron chi connectivity index (χ2n) is 4.93. The van der Waals surface area contributed by atoms with E-state index in [0.717, 1.165) is 25.3 Å². The molecule has 0 amide bonds. The lowest BCUT2D eigenvalue weighted by atomic mass is 9.97. The Bertz CT molecular complexity index is 454. The molecule has 0 fully saturated rings. The monoisotopic (exact) mass is 303 g/mol. The highest BCUT2D eigenvalue weighted by Crippen LogP contribution is 2.34. The number of rotatable bonds is 8. The Morgan fingerprint density at radius 1 is 1.33 bits per heavy atom. The third kappa shape index (κ3) is 5.16. The summed E-state index contributed by atoms with van der Waals surface area (Å²) in [6.45, 7) is 6.20. The van der Waals surface area contributed by atoms with E-state index in [1.54, 1.807) is 6.08 Å². The van der Waals surface area contributed by atoms with Gasteiger partial charge >= 0.3 is 6.18 Å². The first-order chi connectivity index (χ1) is 9.91. The van der Waals surface area contributed by atoms with Gasteiger partial charge in [-0.15, -0.1) is 6.58 Å². The highest BCUT2D eigenvalue weighted by Gasteiger charge is 2.35. The molecule has 0 aliphatic carbocycles. The topological polar surface area (TPSA) is 12.0 Å². The van der Waals surface area contributed by atoms with E-state index in [1.165, 1.54) is 12.1 Å². The number of nitrogens with one attached hydrogen (secondary N) is 1. The van der Waals surface area contributed by atoms with Crippen molar-refractivity contribution in [3.8, 4) is 0 Å². The van der Waals surface area contributed by atoms with Gasteiger partial charge in [0, 0.05) is 11.6 Å². The molecule has 1 aromatic carbocycles. The molecule has 0 aromatic heterocycles. The van der Waals surface area contributed by atoms with Gasteiger partial charge in [0.05, 0.1) is 5.56 Å². The van der Waals surface area contributed by atoms with Crippen LogP contribution in [0.1, 0.15) is 49.8 Å². The first kappa shape index (κ1) is 17.7. The van der Waals surface area contributed by atoms with Crippen LogP contribution in [0.25, 0.3) is 0 Å². The van der Waals surface area contributed by atoms with Crippen LogP contribution in [0.15, 0.2) is 30.9 Å². The van der Waals surface area contributed by atoms with Gasteiger partial charge in [-0.2, -0.15) is 13.2 Å². The van der Waals surface area contributed by atoms with Crippen LogP contribution in [0.3, 0.4) is 0 Å². The van der Waals surface area contributed by atoms with E-state index in [0.29, 0.717) is 13.0 Å². The number of unbranched alkanes of at least 4 members (excludes halogenated alkanes) is 1. The van der Waals surface area contributed by atoms with Crippen LogP contribution in [0.5, 0.6) is 0 Å². The normalized spacial score (nSPS) is 13.2. The van der Waals surface area contributed by atoms with Gasteiger partial charge in [0.1, 0.15) is 5.82 Å². The maximum atomic E-state index is 14.2. The first-order valence-electron chi connectivity index (χ1n) is 7.11. The molecule has 0 heterocycles. The molecule has 0 bridgehead atoms. The highest BCUT2D eigenvalue weighted by atomic mass is 19.4. The van der Waals surface area contributed by atoms with Gasteiger partial charge in [-0.1, -0.05) is 25.1 Å². The average Bonchev–Trinajstić information content (AvgIpc) is 2.42. The zero-order chi connectivity index (χ0) is 15.9. The fraction of sp³-hybridized carbons (Fsp3) is 0.500. The molecule has 5 heteroatoms. The number of allylic oxidation sites excluding steroid dienone is 1. The summed E-state index contributed by atoms with van der Waals surface area (Å²) in [4.78, 5) is 0. The minimum atomic E-state index is -4.67. The quantitative estimate of drug-likeness (QED) is 0.393. The predicted octanol–water partition coefficient (Wildman–Crippen LogP) is 5.24. The van der Waals surface area contributed by atoms with Gasteiger partial charge in [-0.05, 0) is 38.3 Å². The van der Waals surface area contributed by atoms with Gasteiger partial charge in [0.25, 0.3) is 0 Å². The van der Waals surface area contributed by atoms with Crippen LogP contribution in [0.2, 0.25) is 0 Å². The van der Waals surface area contributed by atoms with Crippen molar-refractivity contribution in [1.82, 2.24) is 5.32 Å². The third-order valence-electron chi connectivity index (χ3n) is 3.25. The molecule has 1 unspecified atom stereocenters. The molecule has 0 aliphatic rings. The Kier molecular flexibility index (Phi) is 6.89. The fourth-order valence-electron chi connectivity index (χ4n) is 2.19. The summed E-state index contributed by atoms with van der Waals surface area (Å²) >= 11 is 0. The molecule has 1 atom stereocenters. The predicted molar refractivity (Wildman–Crippen MR) is 76.5 cm³/mol. The maximum absolute atomic E-state index is 14.2. The van der Waals surface area contributed by atoms with Crippen molar-refractivity contribution in [2.24, 2.45) is 0 Å². The Labute approximate surface area is 123 Å². The van der Waals surface area contributed by atoms with Crippen molar-refractivity contribution in [3.63, 3.8) is 0 Å². The average molecular weight is 303 g/mol. The molecule has 118 valence electrons. The molecular weight excluding hydrogens is 282 g/mol. The molecule has 0 radical (unpaired) electrons. The second-order valence-corrected chi connectivity index (χ2v) is 4.93. The molecule has 21 heavy (non-hydrogen) atoms. The zero-order valence-corrected chi connectivity index (χ0v) is 12.1. The van der Waals surface area contributed by atoms with Crippen LogP contribution in [-0.4, -0.2) is 6.54 Å². The van der Waals surface area contributed by atoms with Crippen molar-refractivity contribution < 1.29 is 17.6 Å². The van der Waals surface area contributed by atoms with E-state index in [2.05, 4.69) is 11.9 Å². The van der Waals surface area contributed by atoms with Crippen molar-refractivity contribution in [2.45, 2.75) is 44.8 Å². The lowest BCUT2D eigenvalue weighted by Gasteiger charge is -2.21. The van der Waals surface area contributed by atoms with Crippen molar-refractivity contribution in [1.29, 1.82) is 0 Å². The molecule has 1 aromatic rings. The zero-order valence-electron chi connectivity index (χ0n) is 12.1. The fourth-order valence-corrected chi connectivity index (χ4v) is 2.19. The minimum Gasteiger partial charge on any atom is -0.310 e. The van der Waals surface area contributed by atoms with Gasteiger partial charge in [-0.3, -0.25) is 0 Å².